The zero-order valence-electron chi connectivity index (χ0n) is 10.8. The molecule has 2 aromatic carbocycles. The van der Waals surface area contributed by atoms with Crippen LogP contribution < -0.4 is 5.32 Å². The maximum atomic E-state index is 5.98. The highest BCUT2D eigenvalue weighted by molar-refractivity contribution is 6.31. The standard InChI is InChI=1S/C16H13ClN2O/c17-12-5-6-14-15(8-12)20-16(19-14)11-7-10-3-1-2-4-13(10)18-9-11/h1-6,8,11,18H,7,9H2. The third-order valence-corrected chi connectivity index (χ3v) is 3.97. The van der Waals surface area contributed by atoms with E-state index < -0.39 is 0 Å². The molecule has 0 saturated heterocycles. The van der Waals surface area contributed by atoms with Crippen LogP contribution in [0.3, 0.4) is 0 Å². The van der Waals surface area contributed by atoms with E-state index in [1.54, 1.807) is 0 Å². The zero-order chi connectivity index (χ0) is 13.5. The number of fused-ring (bicyclic) bond motifs is 2. The molecule has 0 bridgehead atoms. The first kappa shape index (κ1) is 11.8. The Morgan fingerprint density at radius 2 is 2.10 bits per heavy atom. The molecule has 0 saturated carbocycles. The summed E-state index contributed by atoms with van der Waals surface area (Å²) in [5.41, 5.74) is 4.14. The second-order valence-electron chi connectivity index (χ2n) is 5.10. The Morgan fingerprint density at radius 1 is 1.20 bits per heavy atom. The molecule has 0 amide bonds. The summed E-state index contributed by atoms with van der Waals surface area (Å²) in [6.45, 7) is 0.845. The van der Waals surface area contributed by atoms with Crippen LogP contribution in [0.2, 0.25) is 5.02 Å². The van der Waals surface area contributed by atoms with E-state index in [0.717, 1.165) is 30.0 Å². The van der Waals surface area contributed by atoms with Crippen molar-refractivity contribution in [2.45, 2.75) is 12.3 Å². The molecule has 4 heteroatoms. The van der Waals surface area contributed by atoms with Crippen molar-refractivity contribution in [3.63, 3.8) is 0 Å². The highest BCUT2D eigenvalue weighted by Gasteiger charge is 2.23. The molecule has 0 spiro atoms. The fourth-order valence-corrected chi connectivity index (χ4v) is 2.87. The molecule has 1 aromatic heterocycles. The summed E-state index contributed by atoms with van der Waals surface area (Å²) in [7, 11) is 0. The van der Waals surface area contributed by atoms with Crippen LogP contribution in [0.4, 0.5) is 5.69 Å². The second kappa shape index (κ2) is 4.53. The van der Waals surface area contributed by atoms with Crippen LogP contribution in [0.25, 0.3) is 11.1 Å². The summed E-state index contributed by atoms with van der Waals surface area (Å²) in [5, 5.41) is 4.11. The van der Waals surface area contributed by atoms with Crippen molar-refractivity contribution in [2.75, 3.05) is 11.9 Å². The van der Waals surface area contributed by atoms with Crippen LogP contribution in [-0.2, 0) is 6.42 Å². The van der Waals surface area contributed by atoms with Gasteiger partial charge in [-0.05, 0) is 30.2 Å². The van der Waals surface area contributed by atoms with Crippen LogP contribution in [0, 0.1) is 0 Å². The minimum absolute atomic E-state index is 0.260. The van der Waals surface area contributed by atoms with Gasteiger partial charge in [-0.1, -0.05) is 29.8 Å². The van der Waals surface area contributed by atoms with Gasteiger partial charge in [0.25, 0.3) is 0 Å². The van der Waals surface area contributed by atoms with Crippen molar-refractivity contribution in [1.82, 2.24) is 4.98 Å². The number of para-hydroxylation sites is 1. The predicted molar refractivity (Wildman–Crippen MR) is 80.4 cm³/mol. The molecule has 1 unspecified atom stereocenters. The van der Waals surface area contributed by atoms with Crippen molar-refractivity contribution in [1.29, 1.82) is 0 Å². The SMILES string of the molecule is Clc1ccc2nc(C3CNc4ccccc4C3)oc2c1. The molecule has 3 aromatic rings. The fourth-order valence-electron chi connectivity index (χ4n) is 2.71. The van der Waals surface area contributed by atoms with E-state index in [1.165, 1.54) is 11.3 Å². The number of rotatable bonds is 1. The molecule has 0 radical (unpaired) electrons. The van der Waals surface area contributed by atoms with Gasteiger partial charge in [-0.3, -0.25) is 0 Å². The van der Waals surface area contributed by atoms with Gasteiger partial charge in [-0.2, -0.15) is 0 Å². The molecule has 4 rings (SSSR count). The first-order valence-corrected chi connectivity index (χ1v) is 7.05. The Balaban J connectivity index is 1.70. The van der Waals surface area contributed by atoms with Gasteiger partial charge in [-0.25, -0.2) is 4.98 Å². The second-order valence-corrected chi connectivity index (χ2v) is 5.54. The van der Waals surface area contributed by atoms with E-state index in [9.17, 15) is 0 Å². The average Bonchev–Trinajstić information content (AvgIpc) is 2.89. The lowest BCUT2D eigenvalue weighted by Crippen LogP contribution is -2.21. The third-order valence-electron chi connectivity index (χ3n) is 3.74. The van der Waals surface area contributed by atoms with E-state index in [-0.39, 0.29) is 5.92 Å². The number of nitrogens with zero attached hydrogens (tertiary/aromatic N) is 1. The van der Waals surface area contributed by atoms with Gasteiger partial charge in [0.15, 0.2) is 5.58 Å². The Labute approximate surface area is 121 Å². The lowest BCUT2D eigenvalue weighted by Gasteiger charge is -2.23. The van der Waals surface area contributed by atoms with Crippen LogP contribution in [0.15, 0.2) is 46.9 Å². The Kier molecular flexibility index (Phi) is 2.67. The van der Waals surface area contributed by atoms with Gasteiger partial charge in [0.05, 0.1) is 5.92 Å². The Morgan fingerprint density at radius 3 is 3.05 bits per heavy atom. The van der Waals surface area contributed by atoms with E-state index in [1.807, 2.05) is 24.3 Å². The predicted octanol–water partition coefficient (Wildman–Crippen LogP) is 4.23. The highest BCUT2D eigenvalue weighted by Crippen LogP contribution is 2.31. The lowest BCUT2D eigenvalue weighted by atomic mass is 9.94. The molecule has 100 valence electrons. The molecule has 1 N–H and O–H groups in total. The van der Waals surface area contributed by atoms with Crippen LogP contribution in [-0.4, -0.2) is 11.5 Å². The van der Waals surface area contributed by atoms with Crippen molar-refractivity contribution >= 4 is 28.4 Å². The van der Waals surface area contributed by atoms with Gasteiger partial charge in [0.2, 0.25) is 5.89 Å². The normalized spacial score (nSPS) is 17.8. The Bertz CT molecular complexity index is 781. The number of halogens is 1. The minimum atomic E-state index is 0.260. The largest absolute Gasteiger partial charge is 0.440 e. The van der Waals surface area contributed by atoms with Crippen molar-refractivity contribution in [2.24, 2.45) is 0 Å². The average molecular weight is 285 g/mol. The number of benzene rings is 2. The van der Waals surface area contributed by atoms with Crippen molar-refractivity contribution in [3.05, 3.63) is 58.9 Å². The van der Waals surface area contributed by atoms with E-state index in [2.05, 4.69) is 28.5 Å². The monoisotopic (exact) mass is 284 g/mol. The van der Waals surface area contributed by atoms with E-state index >= 15 is 0 Å². The number of oxazole rings is 1. The molecule has 0 aliphatic carbocycles. The summed E-state index contributed by atoms with van der Waals surface area (Å²) < 4.78 is 5.87. The van der Waals surface area contributed by atoms with Gasteiger partial charge < -0.3 is 9.73 Å². The third kappa shape index (κ3) is 1.95. The van der Waals surface area contributed by atoms with Crippen molar-refractivity contribution in [3.8, 4) is 0 Å². The molecular formula is C16H13ClN2O. The van der Waals surface area contributed by atoms with Crippen LogP contribution in [0.1, 0.15) is 17.4 Å². The minimum Gasteiger partial charge on any atom is -0.440 e. The van der Waals surface area contributed by atoms with Gasteiger partial charge in [-0.15, -0.1) is 0 Å². The number of aromatic nitrogens is 1. The Hall–Kier alpha value is -2.00. The fraction of sp³-hybridized carbons (Fsp3) is 0.188. The number of nitrogens with one attached hydrogen (secondary N) is 1. The first-order valence-electron chi connectivity index (χ1n) is 6.67. The van der Waals surface area contributed by atoms with Crippen molar-refractivity contribution < 1.29 is 4.42 Å². The maximum absolute atomic E-state index is 5.98. The van der Waals surface area contributed by atoms with Gasteiger partial charge in [0.1, 0.15) is 5.52 Å². The van der Waals surface area contributed by atoms with Gasteiger partial charge in [0, 0.05) is 23.3 Å². The zero-order valence-corrected chi connectivity index (χ0v) is 11.5. The lowest BCUT2D eigenvalue weighted by molar-refractivity contribution is 0.471. The molecule has 1 aliphatic heterocycles. The first-order chi connectivity index (χ1) is 9.79. The maximum Gasteiger partial charge on any atom is 0.200 e. The molecule has 2 heterocycles. The van der Waals surface area contributed by atoms with E-state index in [4.69, 9.17) is 16.0 Å². The summed E-state index contributed by atoms with van der Waals surface area (Å²) in [6.07, 6.45) is 0.948. The molecular weight excluding hydrogens is 272 g/mol. The summed E-state index contributed by atoms with van der Waals surface area (Å²) in [4.78, 5) is 4.59. The number of hydrogen-bond donors (Lipinski definition) is 1. The molecule has 1 atom stereocenters. The molecule has 1 aliphatic rings. The number of anilines is 1. The van der Waals surface area contributed by atoms with E-state index in [0.29, 0.717) is 5.02 Å². The van der Waals surface area contributed by atoms with Crippen LogP contribution >= 0.6 is 11.6 Å². The summed E-state index contributed by atoms with van der Waals surface area (Å²) in [5.74, 6) is 1.04. The highest BCUT2D eigenvalue weighted by atomic mass is 35.5. The van der Waals surface area contributed by atoms with Gasteiger partial charge >= 0.3 is 0 Å². The topological polar surface area (TPSA) is 38.1 Å². The van der Waals surface area contributed by atoms with Crippen LogP contribution in [0.5, 0.6) is 0 Å². The number of hydrogen-bond acceptors (Lipinski definition) is 3. The summed E-state index contributed by atoms with van der Waals surface area (Å²) >= 11 is 5.98. The smallest absolute Gasteiger partial charge is 0.200 e. The summed E-state index contributed by atoms with van der Waals surface area (Å²) in [6, 6.07) is 13.9. The quantitative estimate of drug-likeness (QED) is 0.726. The molecule has 0 fully saturated rings. The molecule has 3 nitrogen and oxygen atoms in total. The molecule has 20 heavy (non-hydrogen) atoms.